The Hall–Kier alpha value is -0.0800. The van der Waals surface area contributed by atoms with E-state index in [1.54, 1.807) is 0 Å². The van der Waals surface area contributed by atoms with Crippen LogP contribution < -0.4 is 0 Å². The maximum absolute atomic E-state index is 5.36. The molecule has 0 aromatic heterocycles. The molecular weight excluding hydrogens is 162 g/mol. The molecule has 0 saturated heterocycles. The predicted molar refractivity (Wildman–Crippen MR) is 57.8 cm³/mol. The highest BCUT2D eigenvalue weighted by Gasteiger charge is 2.11. The fourth-order valence-electron chi connectivity index (χ4n) is 1.29. The Labute approximate surface area is 83.3 Å². The third-order valence-electron chi connectivity index (χ3n) is 2.69. The van der Waals surface area contributed by atoms with Gasteiger partial charge in [0.2, 0.25) is 0 Å². The number of nitrogens with zero attached hydrogens (tertiary/aromatic N) is 1. The number of hydrogen-bond acceptors (Lipinski definition) is 2. The van der Waals surface area contributed by atoms with Crippen LogP contribution in [0.25, 0.3) is 0 Å². The van der Waals surface area contributed by atoms with Crippen LogP contribution in [0.1, 0.15) is 40.5 Å². The molecule has 2 atom stereocenters. The number of rotatable bonds is 7. The van der Waals surface area contributed by atoms with Crippen molar-refractivity contribution >= 4 is 0 Å². The summed E-state index contributed by atoms with van der Waals surface area (Å²) >= 11 is 0. The number of hydrogen-bond donors (Lipinski definition) is 0. The summed E-state index contributed by atoms with van der Waals surface area (Å²) < 4.78 is 5.36. The highest BCUT2D eigenvalue weighted by atomic mass is 16.5. The Balaban J connectivity index is 3.61. The first-order valence-electron chi connectivity index (χ1n) is 5.39. The fraction of sp³-hybridized carbons (Fsp3) is 1.00. The summed E-state index contributed by atoms with van der Waals surface area (Å²) in [6.45, 7) is 10.4. The van der Waals surface area contributed by atoms with Gasteiger partial charge in [0.1, 0.15) is 0 Å². The first kappa shape index (κ1) is 12.9. The molecular formula is C11H25NO. The summed E-state index contributed by atoms with van der Waals surface area (Å²) in [5.74, 6) is 0.819. The second kappa shape index (κ2) is 7.34. The second-order valence-electron chi connectivity index (χ2n) is 3.98. The lowest BCUT2D eigenvalue weighted by Gasteiger charge is -2.26. The zero-order valence-corrected chi connectivity index (χ0v) is 9.84. The largest absolute Gasteiger partial charge is 0.366 e. The summed E-state index contributed by atoms with van der Waals surface area (Å²) in [6, 6.07) is 0.626. The van der Waals surface area contributed by atoms with Crippen molar-refractivity contribution in [2.75, 3.05) is 20.4 Å². The van der Waals surface area contributed by atoms with Crippen molar-refractivity contribution in [3.63, 3.8) is 0 Å². The Bertz CT molecular complexity index is 117. The van der Waals surface area contributed by atoms with Crippen LogP contribution in [0.4, 0.5) is 0 Å². The van der Waals surface area contributed by atoms with Crippen LogP contribution in [-0.2, 0) is 4.74 Å². The van der Waals surface area contributed by atoms with E-state index >= 15 is 0 Å². The molecule has 0 aromatic rings. The van der Waals surface area contributed by atoms with Crippen molar-refractivity contribution in [3.8, 4) is 0 Å². The third kappa shape index (κ3) is 6.05. The highest BCUT2D eigenvalue weighted by Crippen LogP contribution is 2.12. The van der Waals surface area contributed by atoms with Crippen molar-refractivity contribution in [1.82, 2.24) is 4.90 Å². The molecule has 0 aliphatic carbocycles. The third-order valence-corrected chi connectivity index (χ3v) is 2.69. The van der Waals surface area contributed by atoms with Gasteiger partial charge in [-0.3, -0.25) is 4.90 Å². The lowest BCUT2D eigenvalue weighted by molar-refractivity contribution is 0.0260. The van der Waals surface area contributed by atoms with E-state index in [2.05, 4.69) is 32.7 Å². The zero-order valence-electron chi connectivity index (χ0n) is 9.84. The Kier molecular flexibility index (Phi) is 7.29. The van der Waals surface area contributed by atoms with Gasteiger partial charge in [0.15, 0.2) is 0 Å². The Morgan fingerprint density at radius 1 is 1.23 bits per heavy atom. The molecule has 2 unspecified atom stereocenters. The van der Waals surface area contributed by atoms with Crippen molar-refractivity contribution < 1.29 is 4.74 Å². The van der Waals surface area contributed by atoms with E-state index in [0.29, 0.717) is 6.04 Å². The first-order chi connectivity index (χ1) is 6.11. The smallest absolute Gasteiger partial charge is 0.0989 e. The summed E-state index contributed by atoms with van der Waals surface area (Å²) in [4.78, 5) is 2.27. The van der Waals surface area contributed by atoms with Crippen LogP contribution in [0.5, 0.6) is 0 Å². The first-order valence-corrected chi connectivity index (χ1v) is 5.39. The monoisotopic (exact) mass is 187 g/mol. The molecule has 2 heteroatoms. The van der Waals surface area contributed by atoms with Gasteiger partial charge in [-0.05, 0) is 33.2 Å². The molecule has 80 valence electrons. The molecule has 0 aliphatic rings. The van der Waals surface area contributed by atoms with Gasteiger partial charge in [-0.15, -0.1) is 0 Å². The number of ether oxygens (including phenoxy) is 1. The van der Waals surface area contributed by atoms with Crippen molar-refractivity contribution in [1.29, 1.82) is 0 Å². The van der Waals surface area contributed by atoms with Gasteiger partial charge in [0.25, 0.3) is 0 Å². The van der Waals surface area contributed by atoms with Crippen molar-refractivity contribution in [2.45, 2.75) is 46.6 Å². The lowest BCUT2D eigenvalue weighted by Crippen LogP contribution is -2.32. The molecule has 13 heavy (non-hydrogen) atoms. The predicted octanol–water partition coefficient (Wildman–Crippen LogP) is 2.74. The standard InChI is InChI=1S/C11H25NO/c1-6-10(3)8-11(4)12(5)9-13-7-2/h10-11H,6-9H2,1-5H3. The topological polar surface area (TPSA) is 12.5 Å². The quantitative estimate of drug-likeness (QED) is 0.568. The molecule has 0 spiro atoms. The van der Waals surface area contributed by atoms with Gasteiger partial charge in [0, 0.05) is 12.6 Å². The van der Waals surface area contributed by atoms with Gasteiger partial charge in [-0.1, -0.05) is 20.3 Å². The maximum Gasteiger partial charge on any atom is 0.0989 e. The molecule has 0 radical (unpaired) electrons. The maximum atomic E-state index is 5.36. The van der Waals surface area contributed by atoms with Gasteiger partial charge in [0.05, 0.1) is 6.73 Å². The summed E-state index contributed by atoms with van der Waals surface area (Å²) in [6.07, 6.45) is 2.53. The van der Waals surface area contributed by atoms with E-state index in [1.807, 2.05) is 6.92 Å². The van der Waals surface area contributed by atoms with Crippen LogP contribution in [0.2, 0.25) is 0 Å². The summed E-state index contributed by atoms with van der Waals surface area (Å²) in [7, 11) is 2.13. The molecule has 0 saturated carbocycles. The minimum atomic E-state index is 0.626. The van der Waals surface area contributed by atoms with E-state index in [-0.39, 0.29) is 0 Å². The minimum absolute atomic E-state index is 0.626. The molecule has 0 heterocycles. The van der Waals surface area contributed by atoms with E-state index in [1.165, 1.54) is 12.8 Å². The highest BCUT2D eigenvalue weighted by molar-refractivity contribution is 4.64. The van der Waals surface area contributed by atoms with E-state index in [0.717, 1.165) is 19.3 Å². The molecule has 0 aliphatic heterocycles. The second-order valence-corrected chi connectivity index (χ2v) is 3.98. The van der Waals surface area contributed by atoms with Gasteiger partial charge < -0.3 is 4.74 Å². The van der Waals surface area contributed by atoms with Gasteiger partial charge in [-0.25, -0.2) is 0 Å². The molecule has 0 bridgehead atoms. The molecule has 0 rings (SSSR count). The Morgan fingerprint density at radius 2 is 1.85 bits per heavy atom. The fourth-order valence-corrected chi connectivity index (χ4v) is 1.29. The normalized spacial score (nSPS) is 16.2. The van der Waals surface area contributed by atoms with Crippen LogP contribution in [0, 0.1) is 5.92 Å². The zero-order chi connectivity index (χ0) is 10.3. The van der Waals surface area contributed by atoms with Crippen LogP contribution in [0.3, 0.4) is 0 Å². The van der Waals surface area contributed by atoms with E-state index in [9.17, 15) is 0 Å². The van der Waals surface area contributed by atoms with Crippen LogP contribution in [-0.4, -0.2) is 31.3 Å². The molecule has 0 aromatic carbocycles. The van der Waals surface area contributed by atoms with Crippen molar-refractivity contribution in [2.24, 2.45) is 5.92 Å². The summed E-state index contributed by atoms with van der Waals surface area (Å²) in [5.41, 5.74) is 0. The van der Waals surface area contributed by atoms with Crippen LogP contribution in [0.15, 0.2) is 0 Å². The van der Waals surface area contributed by atoms with Crippen LogP contribution >= 0.6 is 0 Å². The average Bonchev–Trinajstić information content (AvgIpc) is 2.13. The summed E-state index contributed by atoms with van der Waals surface area (Å²) in [5, 5.41) is 0. The molecule has 0 N–H and O–H groups in total. The lowest BCUT2D eigenvalue weighted by atomic mass is 10.00. The molecule has 2 nitrogen and oxygen atoms in total. The Morgan fingerprint density at radius 3 is 2.31 bits per heavy atom. The van der Waals surface area contributed by atoms with E-state index < -0.39 is 0 Å². The SMILES string of the molecule is CCOCN(C)C(C)CC(C)CC. The molecule has 0 fully saturated rings. The van der Waals surface area contributed by atoms with E-state index in [4.69, 9.17) is 4.74 Å². The average molecular weight is 187 g/mol. The van der Waals surface area contributed by atoms with Gasteiger partial charge in [-0.2, -0.15) is 0 Å². The van der Waals surface area contributed by atoms with Crippen molar-refractivity contribution in [3.05, 3.63) is 0 Å². The van der Waals surface area contributed by atoms with Gasteiger partial charge >= 0.3 is 0 Å². The molecule has 0 amide bonds. The minimum Gasteiger partial charge on any atom is -0.366 e.